The maximum absolute atomic E-state index is 12.6. The van der Waals surface area contributed by atoms with Gasteiger partial charge >= 0.3 is 6.18 Å². The lowest BCUT2D eigenvalue weighted by molar-refractivity contribution is -0.141. The molecule has 1 amide bonds. The van der Waals surface area contributed by atoms with Crippen molar-refractivity contribution in [3.05, 3.63) is 28.2 Å². The van der Waals surface area contributed by atoms with Gasteiger partial charge in [-0.25, -0.2) is 0 Å². The third-order valence-corrected chi connectivity index (χ3v) is 3.13. The van der Waals surface area contributed by atoms with Gasteiger partial charge in [0.05, 0.1) is 12.7 Å². The molecule has 0 atom stereocenters. The smallest absolute Gasteiger partial charge is 0.406 e. The molecule has 21 heavy (non-hydrogen) atoms. The number of benzene rings is 1. The highest BCUT2D eigenvalue weighted by Crippen LogP contribution is 2.26. The summed E-state index contributed by atoms with van der Waals surface area (Å²) in [6.07, 6.45) is -4.44. The molecule has 3 nitrogen and oxygen atoms in total. The lowest BCUT2D eigenvalue weighted by Gasteiger charge is -2.26. The van der Waals surface area contributed by atoms with Crippen LogP contribution in [-0.4, -0.2) is 37.2 Å². The zero-order valence-electron chi connectivity index (χ0n) is 12.0. The molecule has 0 N–H and O–H groups in total. The molecule has 1 aromatic rings. The largest absolute Gasteiger partial charge is 0.496 e. The molecule has 0 fully saturated rings. The van der Waals surface area contributed by atoms with Crippen molar-refractivity contribution < 1.29 is 22.7 Å². The van der Waals surface area contributed by atoms with Crippen LogP contribution in [0.15, 0.2) is 22.7 Å². The molecule has 0 aliphatic carbocycles. The third-order valence-electron chi connectivity index (χ3n) is 2.64. The minimum absolute atomic E-state index is 0.0254. The van der Waals surface area contributed by atoms with Gasteiger partial charge in [0.2, 0.25) is 0 Å². The van der Waals surface area contributed by atoms with Crippen LogP contribution >= 0.6 is 15.9 Å². The van der Waals surface area contributed by atoms with E-state index in [1.165, 1.54) is 13.2 Å². The van der Waals surface area contributed by atoms with E-state index in [1.807, 2.05) is 0 Å². The maximum atomic E-state index is 12.6. The van der Waals surface area contributed by atoms with E-state index in [-0.39, 0.29) is 23.8 Å². The highest BCUT2D eigenvalue weighted by molar-refractivity contribution is 9.10. The summed E-state index contributed by atoms with van der Waals surface area (Å²) in [7, 11) is 1.37. The molecule has 0 radical (unpaired) electrons. The van der Waals surface area contributed by atoms with Crippen LogP contribution in [0.5, 0.6) is 5.75 Å². The van der Waals surface area contributed by atoms with Gasteiger partial charge in [0.1, 0.15) is 12.3 Å². The quantitative estimate of drug-likeness (QED) is 0.783. The van der Waals surface area contributed by atoms with E-state index in [2.05, 4.69) is 15.9 Å². The average Bonchev–Trinajstić information content (AvgIpc) is 2.34. The fourth-order valence-corrected chi connectivity index (χ4v) is 2.23. The summed E-state index contributed by atoms with van der Waals surface area (Å²) in [4.78, 5) is 13.2. The Balaban J connectivity index is 3.10. The molecular weight excluding hydrogens is 351 g/mol. The summed E-state index contributed by atoms with van der Waals surface area (Å²) in [6, 6.07) is 4.60. The molecule has 1 aromatic carbocycles. The molecule has 7 heteroatoms. The van der Waals surface area contributed by atoms with Crippen molar-refractivity contribution in [2.75, 3.05) is 20.2 Å². The Morgan fingerprint density at radius 2 is 2.00 bits per heavy atom. The molecule has 0 bridgehead atoms. The number of amides is 1. The Labute approximate surface area is 130 Å². The minimum Gasteiger partial charge on any atom is -0.496 e. The van der Waals surface area contributed by atoms with Crippen LogP contribution in [0, 0.1) is 5.92 Å². The number of rotatable bonds is 5. The van der Waals surface area contributed by atoms with Crippen molar-refractivity contribution in [2.24, 2.45) is 5.92 Å². The van der Waals surface area contributed by atoms with Crippen molar-refractivity contribution in [3.8, 4) is 5.75 Å². The van der Waals surface area contributed by atoms with Crippen LogP contribution in [0.4, 0.5) is 13.2 Å². The fourth-order valence-electron chi connectivity index (χ4n) is 1.89. The van der Waals surface area contributed by atoms with Crippen LogP contribution in [-0.2, 0) is 0 Å². The Hall–Kier alpha value is -1.24. The molecule has 118 valence electrons. The average molecular weight is 368 g/mol. The number of hydrogen-bond donors (Lipinski definition) is 0. The van der Waals surface area contributed by atoms with E-state index in [0.717, 1.165) is 4.90 Å². The van der Waals surface area contributed by atoms with E-state index in [4.69, 9.17) is 4.74 Å². The maximum Gasteiger partial charge on any atom is 0.406 e. The SMILES string of the molecule is COc1cc(Br)ccc1C(=O)N(CC(C)C)CC(F)(F)F. The van der Waals surface area contributed by atoms with E-state index in [1.54, 1.807) is 26.0 Å². The van der Waals surface area contributed by atoms with Crippen LogP contribution in [0.1, 0.15) is 24.2 Å². The van der Waals surface area contributed by atoms with Gasteiger partial charge in [-0.15, -0.1) is 0 Å². The number of hydrogen-bond acceptors (Lipinski definition) is 2. The summed E-state index contributed by atoms with van der Waals surface area (Å²) < 4.78 is 43.7. The normalized spacial score (nSPS) is 11.6. The second-order valence-electron chi connectivity index (χ2n) is 5.04. The molecule has 0 aromatic heterocycles. The standard InChI is InChI=1S/C14H17BrF3NO2/c1-9(2)7-19(8-14(16,17)18)13(20)11-5-4-10(15)6-12(11)21-3/h4-6,9H,7-8H2,1-3H3. The summed E-state index contributed by atoms with van der Waals surface area (Å²) in [5.74, 6) is -0.520. The lowest BCUT2D eigenvalue weighted by Crippen LogP contribution is -2.41. The molecule has 0 saturated carbocycles. The Bertz CT molecular complexity index is 503. The van der Waals surface area contributed by atoms with Crippen molar-refractivity contribution in [1.29, 1.82) is 0 Å². The predicted octanol–water partition coefficient (Wildman–Crippen LogP) is 4.12. The van der Waals surface area contributed by atoms with Crippen molar-refractivity contribution in [1.82, 2.24) is 4.90 Å². The Morgan fingerprint density at radius 1 is 1.38 bits per heavy atom. The van der Waals surface area contributed by atoms with E-state index in [9.17, 15) is 18.0 Å². The van der Waals surface area contributed by atoms with Crippen molar-refractivity contribution in [2.45, 2.75) is 20.0 Å². The monoisotopic (exact) mass is 367 g/mol. The molecule has 0 aliphatic rings. The first kappa shape index (κ1) is 17.8. The van der Waals surface area contributed by atoms with Crippen molar-refractivity contribution >= 4 is 21.8 Å². The van der Waals surface area contributed by atoms with E-state index >= 15 is 0 Å². The van der Waals surface area contributed by atoms with E-state index < -0.39 is 18.6 Å². The van der Waals surface area contributed by atoms with Crippen molar-refractivity contribution in [3.63, 3.8) is 0 Å². The third kappa shape index (κ3) is 5.57. The molecule has 0 heterocycles. The highest BCUT2D eigenvalue weighted by Gasteiger charge is 2.34. The number of carbonyl (C=O) groups is 1. The second kappa shape index (κ2) is 7.15. The predicted molar refractivity (Wildman–Crippen MR) is 77.5 cm³/mol. The number of halogens is 4. The van der Waals surface area contributed by atoms with Crippen LogP contribution in [0.2, 0.25) is 0 Å². The van der Waals surface area contributed by atoms with Crippen LogP contribution < -0.4 is 4.74 Å². The second-order valence-corrected chi connectivity index (χ2v) is 5.95. The summed E-state index contributed by atoms with van der Waals surface area (Å²) in [6.45, 7) is 2.27. The number of alkyl halides is 3. The zero-order chi connectivity index (χ0) is 16.2. The van der Waals surface area contributed by atoms with Gasteiger partial charge in [0.15, 0.2) is 0 Å². The molecular formula is C14H17BrF3NO2. The van der Waals surface area contributed by atoms with Gasteiger partial charge in [-0.2, -0.15) is 13.2 Å². The minimum atomic E-state index is -4.44. The molecule has 0 spiro atoms. The summed E-state index contributed by atoms with van der Waals surface area (Å²) in [5, 5.41) is 0. The first-order chi connectivity index (χ1) is 9.64. The van der Waals surface area contributed by atoms with Gasteiger partial charge in [0, 0.05) is 11.0 Å². The number of carbonyl (C=O) groups excluding carboxylic acids is 1. The molecule has 0 saturated heterocycles. The van der Waals surface area contributed by atoms with Gasteiger partial charge in [-0.1, -0.05) is 29.8 Å². The number of methoxy groups -OCH3 is 1. The lowest BCUT2D eigenvalue weighted by atomic mass is 10.1. The van der Waals surface area contributed by atoms with Gasteiger partial charge < -0.3 is 9.64 Å². The van der Waals surface area contributed by atoms with E-state index in [0.29, 0.717) is 4.47 Å². The molecule has 1 rings (SSSR count). The highest BCUT2D eigenvalue weighted by atomic mass is 79.9. The summed E-state index contributed by atoms with van der Waals surface area (Å²) in [5.41, 5.74) is 0.116. The fraction of sp³-hybridized carbons (Fsp3) is 0.500. The van der Waals surface area contributed by atoms with Gasteiger partial charge in [-0.3, -0.25) is 4.79 Å². The zero-order valence-corrected chi connectivity index (χ0v) is 13.6. The molecule has 0 unspecified atom stereocenters. The number of ether oxygens (including phenoxy) is 1. The number of nitrogens with zero attached hydrogens (tertiary/aromatic N) is 1. The first-order valence-electron chi connectivity index (χ1n) is 6.33. The van der Waals surface area contributed by atoms with Gasteiger partial charge in [-0.05, 0) is 24.1 Å². The topological polar surface area (TPSA) is 29.5 Å². The summed E-state index contributed by atoms with van der Waals surface area (Å²) >= 11 is 3.23. The first-order valence-corrected chi connectivity index (χ1v) is 7.13. The van der Waals surface area contributed by atoms with Gasteiger partial charge in [0.25, 0.3) is 5.91 Å². The Morgan fingerprint density at radius 3 is 2.48 bits per heavy atom. The molecule has 0 aliphatic heterocycles. The van der Waals surface area contributed by atoms with Crippen LogP contribution in [0.25, 0.3) is 0 Å². The Kier molecular flexibility index (Phi) is 6.07. The van der Waals surface area contributed by atoms with Crippen LogP contribution in [0.3, 0.4) is 0 Å².